The zero-order chi connectivity index (χ0) is 23.9. The molecule has 1 fully saturated rings. The molecule has 2 rings (SSSR count). The number of amides is 1. The third-order valence-electron chi connectivity index (χ3n) is 5.10. The quantitative estimate of drug-likeness (QED) is 0.314. The molecule has 1 aliphatic rings. The Kier molecular flexibility index (Phi) is 13.0. The van der Waals surface area contributed by atoms with Crippen LogP contribution in [0.1, 0.15) is 52.0 Å². The van der Waals surface area contributed by atoms with Crippen LogP contribution in [0.2, 0.25) is 0 Å². The van der Waals surface area contributed by atoms with Gasteiger partial charge in [0.05, 0.1) is 12.7 Å². The molecule has 9 nitrogen and oxygen atoms in total. The summed E-state index contributed by atoms with van der Waals surface area (Å²) in [5, 5.41) is 22.5. The molecule has 1 amide bonds. The number of aliphatic hydroxyl groups excluding tert-OH is 1. The minimum absolute atomic E-state index is 0.0200. The van der Waals surface area contributed by atoms with Crippen LogP contribution < -0.4 is 10.6 Å². The lowest BCUT2D eigenvalue weighted by molar-refractivity contribution is -0.147. The number of aliphatic carboxylic acids is 1. The first-order valence-electron chi connectivity index (χ1n) is 11.1. The molecule has 32 heavy (non-hydrogen) atoms. The number of esters is 1. The molecule has 180 valence electrons. The largest absolute Gasteiger partial charge is 0.480 e. The van der Waals surface area contributed by atoms with E-state index < -0.39 is 36.2 Å². The fourth-order valence-corrected chi connectivity index (χ4v) is 2.87. The van der Waals surface area contributed by atoms with Crippen LogP contribution in [0, 0.1) is 5.92 Å². The van der Waals surface area contributed by atoms with Gasteiger partial charge >= 0.3 is 18.0 Å². The average Bonchev–Trinajstić information content (AvgIpc) is 3.23. The van der Waals surface area contributed by atoms with Gasteiger partial charge in [0.2, 0.25) is 0 Å². The standard InChI is InChI=1S/C18H27NO4.C5H9NO3/c1-4-6-12-22-17(20)16(14(3)5-2)19-18(21)23-13-15-10-8-7-9-11-15;7-3-1-4(5(8)9)6-2-3/h7-11,14,16H,4-6,12-13H2,1-3H3,(H,19,21);3-4,6-7H,1-2H2,(H,8,9)/t14-,16-;3?,4-/m00/s1. The van der Waals surface area contributed by atoms with Crippen LogP contribution in [0.25, 0.3) is 0 Å². The van der Waals surface area contributed by atoms with Crippen LogP contribution in [-0.4, -0.2) is 59.6 Å². The Bertz CT molecular complexity index is 699. The van der Waals surface area contributed by atoms with Crippen LogP contribution in [0.15, 0.2) is 30.3 Å². The normalized spacial score (nSPS) is 19.1. The molecule has 0 spiro atoms. The summed E-state index contributed by atoms with van der Waals surface area (Å²) in [6.45, 7) is 6.85. The summed E-state index contributed by atoms with van der Waals surface area (Å²) < 4.78 is 10.4. The van der Waals surface area contributed by atoms with E-state index in [0.717, 1.165) is 24.8 Å². The number of carbonyl (C=O) groups excluding carboxylic acids is 2. The highest BCUT2D eigenvalue weighted by atomic mass is 16.6. The summed E-state index contributed by atoms with van der Waals surface area (Å²) in [6.07, 6.45) is 1.77. The molecule has 0 aromatic heterocycles. The topological polar surface area (TPSA) is 134 Å². The maximum absolute atomic E-state index is 12.1. The van der Waals surface area contributed by atoms with Gasteiger partial charge in [0.1, 0.15) is 18.7 Å². The minimum atomic E-state index is -0.883. The average molecular weight is 453 g/mol. The molecule has 1 unspecified atom stereocenters. The molecule has 9 heteroatoms. The molecule has 1 aromatic carbocycles. The van der Waals surface area contributed by atoms with Crippen molar-refractivity contribution in [3.63, 3.8) is 0 Å². The van der Waals surface area contributed by atoms with Gasteiger partial charge in [-0.3, -0.25) is 4.79 Å². The maximum Gasteiger partial charge on any atom is 0.408 e. The highest BCUT2D eigenvalue weighted by Crippen LogP contribution is 2.11. The van der Waals surface area contributed by atoms with Crippen molar-refractivity contribution < 1.29 is 34.1 Å². The molecular weight excluding hydrogens is 416 g/mol. The van der Waals surface area contributed by atoms with Gasteiger partial charge in [-0.1, -0.05) is 63.9 Å². The second kappa shape index (κ2) is 15.2. The summed E-state index contributed by atoms with van der Waals surface area (Å²) >= 11 is 0. The molecule has 0 bridgehead atoms. The highest BCUT2D eigenvalue weighted by molar-refractivity contribution is 5.81. The molecule has 1 aliphatic heterocycles. The molecule has 1 aromatic rings. The zero-order valence-corrected chi connectivity index (χ0v) is 19.1. The van der Waals surface area contributed by atoms with Crippen molar-refractivity contribution in [2.75, 3.05) is 13.2 Å². The number of carboxylic acids is 1. The van der Waals surface area contributed by atoms with E-state index in [1.165, 1.54) is 0 Å². The van der Waals surface area contributed by atoms with E-state index in [0.29, 0.717) is 19.6 Å². The van der Waals surface area contributed by atoms with Crippen molar-refractivity contribution in [1.82, 2.24) is 10.6 Å². The van der Waals surface area contributed by atoms with E-state index in [4.69, 9.17) is 19.7 Å². The van der Waals surface area contributed by atoms with Gasteiger partial charge in [0.15, 0.2) is 0 Å². The minimum Gasteiger partial charge on any atom is -0.480 e. The van der Waals surface area contributed by atoms with Crippen LogP contribution >= 0.6 is 0 Å². The Labute approximate surface area is 189 Å². The molecule has 0 radical (unpaired) electrons. The number of hydrogen-bond donors (Lipinski definition) is 4. The molecule has 4 atom stereocenters. The summed E-state index contributed by atoms with van der Waals surface area (Å²) in [5.41, 5.74) is 0.897. The second-order valence-electron chi connectivity index (χ2n) is 7.78. The number of nitrogens with one attached hydrogen (secondary N) is 2. The number of carbonyl (C=O) groups is 3. The van der Waals surface area contributed by atoms with Crippen molar-refractivity contribution >= 4 is 18.0 Å². The number of alkyl carbamates (subject to hydrolysis) is 1. The number of carboxylic acid groups (broad SMARTS) is 1. The van der Waals surface area contributed by atoms with Crippen LogP contribution in [0.4, 0.5) is 4.79 Å². The third-order valence-corrected chi connectivity index (χ3v) is 5.10. The van der Waals surface area contributed by atoms with Gasteiger partial charge in [-0.05, 0) is 17.9 Å². The summed E-state index contributed by atoms with van der Waals surface area (Å²) in [7, 11) is 0. The summed E-state index contributed by atoms with van der Waals surface area (Å²) in [5.74, 6) is -1.30. The lowest BCUT2D eigenvalue weighted by atomic mass is 9.99. The number of ether oxygens (including phenoxy) is 2. The van der Waals surface area contributed by atoms with Gasteiger partial charge < -0.3 is 30.3 Å². The van der Waals surface area contributed by atoms with E-state index in [-0.39, 0.29) is 12.5 Å². The lowest BCUT2D eigenvalue weighted by Crippen LogP contribution is -2.46. The Hall–Kier alpha value is -2.65. The Morgan fingerprint density at radius 3 is 2.38 bits per heavy atom. The Morgan fingerprint density at radius 1 is 1.19 bits per heavy atom. The summed E-state index contributed by atoms with van der Waals surface area (Å²) in [4.78, 5) is 34.2. The van der Waals surface area contributed by atoms with Crippen molar-refractivity contribution in [2.24, 2.45) is 5.92 Å². The van der Waals surface area contributed by atoms with Gasteiger partial charge in [0, 0.05) is 13.0 Å². The predicted molar refractivity (Wildman–Crippen MR) is 119 cm³/mol. The second-order valence-corrected chi connectivity index (χ2v) is 7.78. The van der Waals surface area contributed by atoms with Gasteiger partial charge in [0.25, 0.3) is 0 Å². The van der Waals surface area contributed by atoms with E-state index in [1.807, 2.05) is 51.1 Å². The maximum atomic E-state index is 12.1. The number of aliphatic hydroxyl groups is 1. The van der Waals surface area contributed by atoms with Crippen molar-refractivity contribution in [2.45, 2.75) is 71.2 Å². The lowest BCUT2D eigenvalue weighted by Gasteiger charge is -2.22. The highest BCUT2D eigenvalue weighted by Gasteiger charge is 2.28. The molecule has 4 N–H and O–H groups in total. The summed E-state index contributed by atoms with van der Waals surface area (Å²) in [6, 6.07) is 8.18. The fourth-order valence-electron chi connectivity index (χ4n) is 2.87. The first-order valence-corrected chi connectivity index (χ1v) is 11.1. The number of unbranched alkanes of at least 4 members (excludes halogenated alkanes) is 1. The van der Waals surface area contributed by atoms with Crippen LogP contribution in [-0.2, 0) is 25.7 Å². The SMILES string of the molecule is CCCCOC(=O)[C@@H](NC(=O)OCc1ccccc1)[C@@H](C)CC.O=C(O)[C@@H]1CC(O)CN1. The molecule has 1 saturated heterocycles. The Balaban J connectivity index is 0.000000471. The first-order chi connectivity index (χ1) is 15.3. The first kappa shape index (κ1) is 27.4. The Morgan fingerprint density at radius 2 is 1.88 bits per heavy atom. The number of β-amino-alcohol motifs (C(OH)–C–C–N with tert-alkyl or cyclic N) is 1. The van der Waals surface area contributed by atoms with E-state index in [2.05, 4.69) is 10.6 Å². The monoisotopic (exact) mass is 452 g/mol. The van der Waals surface area contributed by atoms with Gasteiger partial charge in [-0.15, -0.1) is 0 Å². The van der Waals surface area contributed by atoms with Crippen LogP contribution in [0.3, 0.4) is 0 Å². The van der Waals surface area contributed by atoms with Gasteiger partial charge in [-0.2, -0.15) is 0 Å². The number of hydrogen-bond acceptors (Lipinski definition) is 7. The molecule has 1 heterocycles. The van der Waals surface area contributed by atoms with Crippen molar-refractivity contribution in [3.05, 3.63) is 35.9 Å². The van der Waals surface area contributed by atoms with E-state index in [9.17, 15) is 14.4 Å². The molecule has 0 aliphatic carbocycles. The third kappa shape index (κ3) is 10.6. The van der Waals surface area contributed by atoms with E-state index in [1.54, 1.807) is 0 Å². The molecule has 0 saturated carbocycles. The number of rotatable bonds is 10. The number of benzene rings is 1. The van der Waals surface area contributed by atoms with E-state index >= 15 is 0 Å². The smallest absolute Gasteiger partial charge is 0.408 e. The van der Waals surface area contributed by atoms with Crippen molar-refractivity contribution in [3.8, 4) is 0 Å². The zero-order valence-electron chi connectivity index (χ0n) is 19.1. The fraction of sp³-hybridized carbons (Fsp3) is 0.609. The van der Waals surface area contributed by atoms with Crippen molar-refractivity contribution in [1.29, 1.82) is 0 Å². The molecular formula is C23H36N2O7. The van der Waals surface area contributed by atoms with Gasteiger partial charge in [-0.25, -0.2) is 9.59 Å². The predicted octanol–water partition coefficient (Wildman–Crippen LogP) is 2.46. The van der Waals surface area contributed by atoms with Crippen LogP contribution in [0.5, 0.6) is 0 Å².